The standard InChI is InChI=1S/C33H32ClN3O5S/c1-24-15-17-27(18-16-24)43(40,41)36(21-26-11-5-6-12-28(26)34)23-32(38)37-22-31(42-30-14-8-7-13-29(30)37)33(39)35-20-19-25-9-3-2-4-10-25/h2-18,31H,19-23H2,1H3,(H,35,39). The van der Waals surface area contributed by atoms with E-state index in [0.717, 1.165) is 15.4 Å². The molecule has 0 aromatic heterocycles. The summed E-state index contributed by atoms with van der Waals surface area (Å²) in [6.45, 7) is 1.61. The van der Waals surface area contributed by atoms with Crippen molar-refractivity contribution in [1.82, 2.24) is 9.62 Å². The highest BCUT2D eigenvalue weighted by Crippen LogP contribution is 2.34. The van der Waals surface area contributed by atoms with Crippen LogP contribution in [0.5, 0.6) is 5.75 Å². The van der Waals surface area contributed by atoms with Crippen molar-refractivity contribution in [3.63, 3.8) is 0 Å². The smallest absolute Gasteiger partial charge is 0.262 e. The Balaban J connectivity index is 1.38. The largest absolute Gasteiger partial charge is 0.477 e. The minimum atomic E-state index is -4.10. The van der Waals surface area contributed by atoms with Crippen LogP contribution in [0.25, 0.3) is 0 Å². The molecule has 1 aliphatic heterocycles. The molecule has 0 saturated carbocycles. The lowest BCUT2D eigenvalue weighted by molar-refractivity contribution is -0.128. The minimum absolute atomic E-state index is 0.0657. The molecule has 222 valence electrons. The highest BCUT2D eigenvalue weighted by Gasteiger charge is 2.36. The fourth-order valence-corrected chi connectivity index (χ4v) is 6.40. The van der Waals surface area contributed by atoms with Crippen molar-refractivity contribution >= 4 is 39.1 Å². The van der Waals surface area contributed by atoms with Crippen LogP contribution in [-0.2, 0) is 32.6 Å². The van der Waals surface area contributed by atoms with Crippen molar-refractivity contribution in [3.8, 4) is 5.75 Å². The van der Waals surface area contributed by atoms with Gasteiger partial charge in [-0.3, -0.25) is 9.59 Å². The third-order valence-electron chi connectivity index (χ3n) is 7.20. The number of para-hydroxylation sites is 2. The fraction of sp³-hybridized carbons (Fsp3) is 0.212. The molecule has 1 heterocycles. The van der Waals surface area contributed by atoms with Crippen molar-refractivity contribution in [2.45, 2.75) is 30.9 Å². The molecule has 0 spiro atoms. The molecule has 0 bridgehead atoms. The number of benzene rings is 4. The molecule has 0 saturated heterocycles. The number of halogens is 1. The van der Waals surface area contributed by atoms with Gasteiger partial charge in [0.25, 0.3) is 5.91 Å². The van der Waals surface area contributed by atoms with E-state index in [1.165, 1.54) is 17.0 Å². The predicted octanol–water partition coefficient (Wildman–Crippen LogP) is 4.99. The first-order valence-corrected chi connectivity index (χ1v) is 15.7. The lowest BCUT2D eigenvalue weighted by Gasteiger charge is -2.35. The lowest BCUT2D eigenvalue weighted by atomic mass is 10.1. The number of nitrogens with zero attached hydrogens (tertiary/aromatic N) is 2. The molecule has 2 amide bonds. The molecular formula is C33H32ClN3O5S. The number of hydrogen-bond donors (Lipinski definition) is 1. The number of ether oxygens (including phenoxy) is 1. The van der Waals surface area contributed by atoms with Gasteiger partial charge in [-0.15, -0.1) is 0 Å². The number of hydrogen-bond acceptors (Lipinski definition) is 5. The van der Waals surface area contributed by atoms with E-state index in [4.69, 9.17) is 16.3 Å². The van der Waals surface area contributed by atoms with Gasteiger partial charge >= 0.3 is 0 Å². The summed E-state index contributed by atoms with van der Waals surface area (Å²) < 4.78 is 34.8. The normalized spacial score (nSPS) is 14.6. The van der Waals surface area contributed by atoms with E-state index < -0.39 is 28.6 Å². The van der Waals surface area contributed by atoms with Crippen LogP contribution in [0, 0.1) is 6.92 Å². The third kappa shape index (κ3) is 7.25. The van der Waals surface area contributed by atoms with Gasteiger partial charge in [-0.2, -0.15) is 4.31 Å². The summed E-state index contributed by atoms with van der Waals surface area (Å²) in [5.41, 5.74) is 3.02. The number of amides is 2. The average Bonchev–Trinajstić information content (AvgIpc) is 3.01. The van der Waals surface area contributed by atoms with E-state index in [1.807, 2.05) is 37.3 Å². The van der Waals surface area contributed by atoms with Gasteiger partial charge < -0.3 is 15.0 Å². The Kier molecular flexibility index (Phi) is 9.45. The molecule has 0 radical (unpaired) electrons. The van der Waals surface area contributed by atoms with Crippen molar-refractivity contribution in [1.29, 1.82) is 0 Å². The number of carbonyl (C=O) groups is 2. The zero-order chi connectivity index (χ0) is 30.4. The maximum atomic E-state index is 13.9. The summed E-state index contributed by atoms with van der Waals surface area (Å²) in [6, 6.07) is 30.1. The summed E-state index contributed by atoms with van der Waals surface area (Å²) in [4.78, 5) is 28.6. The van der Waals surface area contributed by atoms with Crippen LogP contribution in [0.3, 0.4) is 0 Å². The number of carbonyl (C=O) groups excluding carboxylic acids is 2. The van der Waals surface area contributed by atoms with Crippen molar-refractivity contribution in [2.24, 2.45) is 0 Å². The van der Waals surface area contributed by atoms with Crippen molar-refractivity contribution < 1.29 is 22.7 Å². The second kappa shape index (κ2) is 13.4. The first kappa shape index (κ1) is 30.3. The maximum absolute atomic E-state index is 13.9. The molecule has 4 aromatic rings. The fourth-order valence-electron chi connectivity index (χ4n) is 4.83. The van der Waals surface area contributed by atoms with E-state index >= 15 is 0 Å². The summed E-state index contributed by atoms with van der Waals surface area (Å²) >= 11 is 6.39. The average molecular weight is 618 g/mol. The number of rotatable bonds is 10. The molecule has 10 heteroatoms. The molecular weight excluding hydrogens is 586 g/mol. The number of anilines is 1. The molecule has 1 atom stereocenters. The van der Waals surface area contributed by atoms with E-state index in [0.29, 0.717) is 35.0 Å². The summed E-state index contributed by atoms with van der Waals surface area (Å²) in [5.74, 6) is -0.492. The van der Waals surface area contributed by atoms with Crippen molar-refractivity contribution in [2.75, 3.05) is 24.5 Å². The van der Waals surface area contributed by atoms with E-state index in [1.54, 1.807) is 60.7 Å². The maximum Gasteiger partial charge on any atom is 0.262 e. The molecule has 1 unspecified atom stereocenters. The first-order chi connectivity index (χ1) is 20.7. The van der Waals surface area contributed by atoms with Gasteiger partial charge in [0, 0.05) is 18.1 Å². The molecule has 0 aliphatic carbocycles. The van der Waals surface area contributed by atoms with Gasteiger partial charge in [-0.25, -0.2) is 8.42 Å². The third-order valence-corrected chi connectivity index (χ3v) is 9.37. The second-order valence-corrected chi connectivity index (χ2v) is 12.6. The van der Waals surface area contributed by atoms with Crippen LogP contribution < -0.4 is 15.0 Å². The topological polar surface area (TPSA) is 96.0 Å². The predicted molar refractivity (Wildman–Crippen MR) is 167 cm³/mol. The molecule has 1 N–H and O–H groups in total. The quantitative estimate of drug-likeness (QED) is 0.270. The first-order valence-electron chi connectivity index (χ1n) is 13.9. The van der Waals surface area contributed by atoms with E-state index in [-0.39, 0.29) is 23.9 Å². The Morgan fingerprint density at radius 1 is 0.930 bits per heavy atom. The zero-order valence-electron chi connectivity index (χ0n) is 23.6. The molecule has 0 fully saturated rings. The number of aryl methyl sites for hydroxylation is 1. The number of fused-ring (bicyclic) bond motifs is 1. The Hall–Kier alpha value is -4.18. The number of nitrogens with one attached hydrogen (secondary N) is 1. The van der Waals surface area contributed by atoms with Crippen LogP contribution in [0.1, 0.15) is 16.7 Å². The van der Waals surface area contributed by atoms with Crippen molar-refractivity contribution in [3.05, 3.63) is 125 Å². The monoisotopic (exact) mass is 617 g/mol. The Morgan fingerprint density at radius 2 is 1.60 bits per heavy atom. The van der Waals surface area contributed by atoms with Gasteiger partial charge in [0.2, 0.25) is 15.9 Å². The van der Waals surface area contributed by atoms with Crippen LogP contribution >= 0.6 is 11.6 Å². The SMILES string of the molecule is Cc1ccc(S(=O)(=O)N(CC(=O)N2CC(C(=O)NCCc3ccccc3)Oc3ccccc32)Cc2ccccc2Cl)cc1. The summed E-state index contributed by atoms with van der Waals surface area (Å²) in [5, 5.41) is 3.29. The Bertz CT molecular complexity index is 1700. The van der Waals surface area contributed by atoms with Gasteiger partial charge in [0.1, 0.15) is 5.75 Å². The van der Waals surface area contributed by atoms with E-state index in [2.05, 4.69) is 5.32 Å². The van der Waals surface area contributed by atoms with E-state index in [9.17, 15) is 18.0 Å². The zero-order valence-corrected chi connectivity index (χ0v) is 25.2. The molecule has 8 nitrogen and oxygen atoms in total. The van der Waals surface area contributed by atoms with Gasteiger partial charge in [0.05, 0.1) is 23.7 Å². The number of sulfonamides is 1. The Labute approximate surface area is 256 Å². The summed E-state index contributed by atoms with van der Waals surface area (Å²) in [6.07, 6.45) is -0.327. The lowest BCUT2D eigenvalue weighted by Crippen LogP contribution is -2.53. The van der Waals surface area contributed by atoms with Crippen LogP contribution in [0.2, 0.25) is 5.02 Å². The second-order valence-electron chi connectivity index (χ2n) is 10.3. The highest BCUT2D eigenvalue weighted by molar-refractivity contribution is 7.89. The minimum Gasteiger partial charge on any atom is -0.477 e. The van der Waals surface area contributed by atoms with Crippen LogP contribution in [0.15, 0.2) is 108 Å². The van der Waals surface area contributed by atoms with Gasteiger partial charge in [-0.05, 0) is 54.8 Å². The molecule has 4 aromatic carbocycles. The molecule has 1 aliphatic rings. The van der Waals surface area contributed by atoms with Crippen LogP contribution in [-0.4, -0.2) is 50.3 Å². The van der Waals surface area contributed by atoms with Gasteiger partial charge in [0.15, 0.2) is 6.10 Å². The van der Waals surface area contributed by atoms with Crippen LogP contribution in [0.4, 0.5) is 5.69 Å². The Morgan fingerprint density at radius 3 is 2.35 bits per heavy atom. The molecule has 43 heavy (non-hydrogen) atoms. The van der Waals surface area contributed by atoms with Gasteiger partial charge in [-0.1, -0.05) is 90.0 Å². The molecule has 5 rings (SSSR count). The summed E-state index contributed by atoms with van der Waals surface area (Å²) in [7, 11) is -4.10. The highest BCUT2D eigenvalue weighted by atomic mass is 35.5.